The van der Waals surface area contributed by atoms with Gasteiger partial charge in [-0.2, -0.15) is 0 Å². The van der Waals surface area contributed by atoms with Crippen molar-refractivity contribution in [3.63, 3.8) is 0 Å². The van der Waals surface area contributed by atoms with E-state index in [1.807, 2.05) is 6.07 Å². The van der Waals surface area contributed by atoms with Crippen LogP contribution < -0.4 is 5.56 Å². The van der Waals surface area contributed by atoms with E-state index in [0.29, 0.717) is 15.9 Å². The van der Waals surface area contributed by atoms with E-state index < -0.39 is 6.10 Å². The molecule has 0 bridgehead atoms. The van der Waals surface area contributed by atoms with Gasteiger partial charge in [0, 0.05) is 4.88 Å². The van der Waals surface area contributed by atoms with Crippen molar-refractivity contribution in [3.05, 3.63) is 51.9 Å². The summed E-state index contributed by atoms with van der Waals surface area (Å²) in [6.07, 6.45) is 6.65. The van der Waals surface area contributed by atoms with Gasteiger partial charge in [-0.3, -0.25) is 9.36 Å². The van der Waals surface area contributed by atoms with Crippen molar-refractivity contribution in [1.29, 1.82) is 0 Å². The molecule has 1 fully saturated rings. The van der Waals surface area contributed by atoms with E-state index >= 15 is 0 Å². The fourth-order valence-corrected chi connectivity index (χ4v) is 4.68. The normalized spacial score (nSPS) is 17.0. The molecule has 130 valence electrons. The number of aliphatic hydroxyl groups excluding tert-OH is 1. The Morgan fingerprint density at radius 3 is 2.60 bits per heavy atom. The van der Waals surface area contributed by atoms with Gasteiger partial charge in [0.15, 0.2) is 0 Å². The Hall–Kier alpha value is -2.18. The number of aliphatic hydroxyl groups is 1. The van der Waals surface area contributed by atoms with Gasteiger partial charge in [0.1, 0.15) is 16.8 Å². The summed E-state index contributed by atoms with van der Waals surface area (Å²) in [4.78, 5) is 18.0. The second-order valence-corrected chi connectivity index (χ2v) is 7.73. The highest BCUT2D eigenvalue weighted by Crippen LogP contribution is 2.38. The molecule has 1 saturated carbocycles. The van der Waals surface area contributed by atoms with Crippen molar-refractivity contribution in [2.45, 2.75) is 38.2 Å². The van der Waals surface area contributed by atoms with E-state index in [9.17, 15) is 15.0 Å². The van der Waals surface area contributed by atoms with Crippen LogP contribution in [0.3, 0.4) is 0 Å². The molecule has 0 spiro atoms. The first kappa shape index (κ1) is 16.3. The van der Waals surface area contributed by atoms with Crippen molar-refractivity contribution < 1.29 is 10.2 Å². The third-order valence-electron chi connectivity index (χ3n) is 4.97. The first-order valence-corrected chi connectivity index (χ1v) is 9.44. The topological polar surface area (TPSA) is 75.3 Å². The Kier molecular flexibility index (Phi) is 4.31. The Morgan fingerprint density at radius 2 is 1.88 bits per heavy atom. The van der Waals surface area contributed by atoms with Crippen molar-refractivity contribution in [2.24, 2.45) is 5.92 Å². The molecule has 1 atom stereocenters. The average molecular weight is 356 g/mol. The van der Waals surface area contributed by atoms with Crippen LogP contribution in [0, 0.1) is 5.92 Å². The van der Waals surface area contributed by atoms with Gasteiger partial charge in [0.2, 0.25) is 0 Å². The third-order valence-corrected chi connectivity index (χ3v) is 6.16. The molecule has 4 rings (SSSR count). The lowest BCUT2D eigenvalue weighted by Crippen LogP contribution is -2.17. The first-order chi connectivity index (χ1) is 12.1. The Morgan fingerprint density at radius 1 is 1.16 bits per heavy atom. The maximum absolute atomic E-state index is 12.8. The van der Waals surface area contributed by atoms with E-state index in [0.717, 1.165) is 17.7 Å². The maximum atomic E-state index is 12.8. The molecule has 3 aromatic rings. The summed E-state index contributed by atoms with van der Waals surface area (Å²) >= 11 is 1.34. The van der Waals surface area contributed by atoms with Crippen LogP contribution in [-0.4, -0.2) is 19.8 Å². The smallest absolute Gasteiger partial charge is 0.275 e. The molecule has 0 aliphatic heterocycles. The van der Waals surface area contributed by atoms with Crippen molar-refractivity contribution >= 4 is 21.6 Å². The van der Waals surface area contributed by atoms with Gasteiger partial charge >= 0.3 is 0 Å². The highest BCUT2D eigenvalue weighted by atomic mass is 32.1. The van der Waals surface area contributed by atoms with Gasteiger partial charge in [-0.05, 0) is 49.1 Å². The number of thiophene rings is 1. The fourth-order valence-electron chi connectivity index (χ4n) is 3.56. The first-order valence-electron chi connectivity index (χ1n) is 8.62. The number of hydrogen-bond acceptors (Lipinski definition) is 5. The van der Waals surface area contributed by atoms with Gasteiger partial charge in [0.25, 0.3) is 5.56 Å². The summed E-state index contributed by atoms with van der Waals surface area (Å²) in [6.45, 7) is 0. The molecule has 0 amide bonds. The molecule has 2 aromatic heterocycles. The van der Waals surface area contributed by atoms with Crippen LogP contribution in [0.5, 0.6) is 5.75 Å². The van der Waals surface area contributed by atoms with Crippen LogP contribution in [0.2, 0.25) is 0 Å². The molecule has 2 N–H and O–H groups in total. The molecule has 1 unspecified atom stereocenters. The number of nitrogens with zero attached hydrogens (tertiary/aromatic N) is 2. The highest BCUT2D eigenvalue weighted by Gasteiger charge is 2.25. The number of phenolic OH excluding ortho intramolecular Hbond substituents is 1. The van der Waals surface area contributed by atoms with Crippen LogP contribution in [-0.2, 0) is 0 Å². The van der Waals surface area contributed by atoms with Crippen molar-refractivity contribution in [3.8, 4) is 11.4 Å². The Balaban J connectivity index is 1.72. The predicted octanol–water partition coefficient (Wildman–Crippen LogP) is 3.77. The summed E-state index contributed by atoms with van der Waals surface area (Å²) in [5.41, 5.74) is 1.14. The summed E-state index contributed by atoms with van der Waals surface area (Å²) < 4.78 is 2.02. The van der Waals surface area contributed by atoms with Crippen LogP contribution in [0.4, 0.5) is 0 Å². The summed E-state index contributed by atoms with van der Waals surface area (Å²) in [5, 5.41) is 20.1. The zero-order valence-electron chi connectivity index (χ0n) is 13.8. The number of fused-ring (bicyclic) bond motifs is 1. The van der Waals surface area contributed by atoms with Gasteiger partial charge in [0.05, 0.1) is 17.3 Å². The summed E-state index contributed by atoms with van der Waals surface area (Å²) in [7, 11) is 0. The van der Waals surface area contributed by atoms with Gasteiger partial charge in [-0.15, -0.1) is 11.3 Å². The lowest BCUT2D eigenvalue weighted by atomic mass is 9.85. The zero-order valence-corrected chi connectivity index (χ0v) is 14.6. The number of benzene rings is 1. The van der Waals surface area contributed by atoms with Crippen molar-refractivity contribution in [1.82, 2.24) is 9.55 Å². The van der Waals surface area contributed by atoms with E-state index in [2.05, 4.69) is 4.98 Å². The molecule has 1 aliphatic rings. The number of aromatic hydroxyl groups is 1. The minimum Gasteiger partial charge on any atom is -0.508 e. The number of aromatic nitrogens is 2. The average Bonchev–Trinajstić information content (AvgIpc) is 3.08. The molecule has 1 aliphatic carbocycles. The van der Waals surface area contributed by atoms with Crippen molar-refractivity contribution in [2.75, 3.05) is 0 Å². The van der Waals surface area contributed by atoms with Crippen LogP contribution in [0.1, 0.15) is 43.1 Å². The Bertz CT molecular complexity index is 939. The third kappa shape index (κ3) is 3.07. The fraction of sp³-hybridized carbons (Fsp3) is 0.368. The molecule has 0 saturated heterocycles. The van der Waals surface area contributed by atoms with E-state index in [-0.39, 0.29) is 17.2 Å². The van der Waals surface area contributed by atoms with Gasteiger partial charge in [-0.25, -0.2) is 4.98 Å². The molecular weight excluding hydrogens is 336 g/mol. The van der Waals surface area contributed by atoms with E-state index in [1.54, 1.807) is 24.3 Å². The number of rotatable bonds is 3. The molecule has 0 radical (unpaired) electrons. The maximum Gasteiger partial charge on any atom is 0.275 e. The molecule has 6 heteroatoms. The lowest BCUT2D eigenvalue weighted by molar-refractivity contribution is 0.0879. The van der Waals surface area contributed by atoms with Gasteiger partial charge in [-0.1, -0.05) is 19.3 Å². The standard InChI is InChI=1S/C19H20N2O3S/c22-14-8-6-13(7-9-14)21-11-20-15-10-16(25-18(15)19(21)24)17(23)12-4-2-1-3-5-12/h6-12,17,22-23H,1-5H2. The largest absolute Gasteiger partial charge is 0.508 e. The van der Waals surface area contributed by atoms with Crippen LogP contribution in [0.15, 0.2) is 41.5 Å². The zero-order chi connectivity index (χ0) is 17.4. The Labute approximate surface area is 149 Å². The minimum atomic E-state index is -0.513. The van der Waals surface area contributed by atoms with Gasteiger partial charge < -0.3 is 10.2 Å². The predicted molar refractivity (Wildman–Crippen MR) is 98.4 cm³/mol. The SMILES string of the molecule is O=c1c2sc(C(O)C3CCCCC3)cc2ncn1-c1ccc(O)cc1. The summed E-state index contributed by atoms with van der Waals surface area (Å²) in [5.74, 6) is 0.431. The molecule has 1 aromatic carbocycles. The van der Waals surface area contributed by atoms with E-state index in [1.165, 1.54) is 41.5 Å². The quantitative estimate of drug-likeness (QED) is 0.749. The monoisotopic (exact) mass is 356 g/mol. The van der Waals surface area contributed by atoms with Crippen LogP contribution >= 0.6 is 11.3 Å². The molecule has 25 heavy (non-hydrogen) atoms. The second-order valence-electron chi connectivity index (χ2n) is 6.64. The minimum absolute atomic E-state index is 0.150. The lowest BCUT2D eigenvalue weighted by Gasteiger charge is -2.25. The number of phenols is 1. The highest BCUT2D eigenvalue weighted by molar-refractivity contribution is 7.19. The molecule has 2 heterocycles. The van der Waals surface area contributed by atoms with Crippen LogP contribution in [0.25, 0.3) is 15.9 Å². The molecular formula is C19H20N2O3S. The number of hydrogen-bond donors (Lipinski definition) is 2. The molecule has 5 nitrogen and oxygen atoms in total. The summed E-state index contributed by atoms with van der Waals surface area (Å²) in [6, 6.07) is 8.28. The van der Waals surface area contributed by atoms with E-state index in [4.69, 9.17) is 0 Å². The second kappa shape index (κ2) is 6.61.